The van der Waals surface area contributed by atoms with Crippen LogP contribution in [0, 0.1) is 0 Å². The molecule has 3 heterocycles. The van der Waals surface area contributed by atoms with Crippen LogP contribution in [0.4, 0.5) is 10.5 Å². The normalized spacial score (nSPS) is 15.1. The molecule has 0 atom stereocenters. The number of carbonyl (C=O) groups is 1. The standard InChI is InChI=1S/C18H16Cl2N4O2S/c19-14-2-1-13(9-15(14)20)21-18(25)24-6-3-11(4-7-24)16-22-23-17(26-16)12-5-8-27-10-12/h1-2,5,8-11H,3-4,6-7H2,(H,21,25). The van der Waals surface area contributed by atoms with E-state index in [2.05, 4.69) is 15.5 Å². The van der Waals surface area contributed by atoms with Crippen molar-refractivity contribution in [2.75, 3.05) is 18.4 Å². The van der Waals surface area contributed by atoms with Gasteiger partial charge in [-0.25, -0.2) is 4.79 Å². The van der Waals surface area contributed by atoms with Gasteiger partial charge in [0.05, 0.1) is 10.0 Å². The van der Waals surface area contributed by atoms with E-state index < -0.39 is 0 Å². The number of likely N-dealkylation sites (tertiary alicyclic amines) is 1. The van der Waals surface area contributed by atoms with Gasteiger partial charge < -0.3 is 14.6 Å². The lowest BCUT2D eigenvalue weighted by Crippen LogP contribution is -2.40. The molecule has 0 radical (unpaired) electrons. The van der Waals surface area contributed by atoms with Crippen LogP contribution < -0.4 is 5.32 Å². The van der Waals surface area contributed by atoms with Gasteiger partial charge in [0.1, 0.15) is 0 Å². The van der Waals surface area contributed by atoms with E-state index in [1.54, 1.807) is 34.4 Å². The minimum absolute atomic E-state index is 0.156. The number of thiophene rings is 1. The summed E-state index contributed by atoms with van der Waals surface area (Å²) in [6, 6.07) is 6.82. The summed E-state index contributed by atoms with van der Waals surface area (Å²) in [4.78, 5) is 14.2. The van der Waals surface area contributed by atoms with Crippen molar-refractivity contribution in [2.24, 2.45) is 0 Å². The third-order valence-electron chi connectivity index (χ3n) is 4.51. The third-order valence-corrected chi connectivity index (χ3v) is 5.93. The van der Waals surface area contributed by atoms with E-state index in [4.69, 9.17) is 27.6 Å². The molecule has 1 aliphatic rings. The van der Waals surface area contributed by atoms with Crippen molar-refractivity contribution in [2.45, 2.75) is 18.8 Å². The van der Waals surface area contributed by atoms with Crippen LogP contribution in [0.25, 0.3) is 11.5 Å². The van der Waals surface area contributed by atoms with Crippen LogP contribution in [0.15, 0.2) is 39.4 Å². The average molecular weight is 423 g/mol. The van der Waals surface area contributed by atoms with Crippen molar-refractivity contribution >= 4 is 46.3 Å². The highest BCUT2D eigenvalue weighted by Gasteiger charge is 2.27. The number of piperidine rings is 1. The Morgan fingerprint density at radius 2 is 2.00 bits per heavy atom. The van der Waals surface area contributed by atoms with Crippen molar-refractivity contribution < 1.29 is 9.21 Å². The maximum Gasteiger partial charge on any atom is 0.321 e. The van der Waals surface area contributed by atoms with Gasteiger partial charge in [0, 0.05) is 35.6 Å². The number of rotatable bonds is 3. The van der Waals surface area contributed by atoms with Crippen LogP contribution in [0.3, 0.4) is 0 Å². The molecular weight excluding hydrogens is 407 g/mol. The largest absolute Gasteiger partial charge is 0.420 e. The number of amides is 2. The highest BCUT2D eigenvalue weighted by atomic mass is 35.5. The van der Waals surface area contributed by atoms with Gasteiger partial charge in [0.15, 0.2) is 0 Å². The quantitative estimate of drug-likeness (QED) is 0.603. The highest BCUT2D eigenvalue weighted by Crippen LogP contribution is 2.30. The van der Waals surface area contributed by atoms with E-state index in [-0.39, 0.29) is 11.9 Å². The summed E-state index contributed by atoms with van der Waals surface area (Å²) < 4.78 is 5.82. The van der Waals surface area contributed by atoms with Crippen LogP contribution in [0.1, 0.15) is 24.7 Å². The fourth-order valence-electron chi connectivity index (χ4n) is 3.01. The van der Waals surface area contributed by atoms with Gasteiger partial charge in [-0.05, 0) is 42.5 Å². The van der Waals surface area contributed by atoms with Gasteiger partial charge in [-0.2, -0.15) is 11.3 Å². The second kappa shape index (κ2) is 7.88. The topological polar surface area (TPSA) is 71.3 Å². The molecule has 1 aromatic carbocycles. The molecule has 140 valence electrons. The van der Waals surface area contributed by atoms with Crippen molar-refractivity contribution in [1.29, 1.82) is 0 Å². The van der Waals surface area contributed by atoms with E-state index >= 15 is 0 Å². The summed E-state index contributed by atoms with van der Waals surface area (Å²) in [5, 5.41) is 16.0. The summed E-state index contributed by atoms with van der Waals surface area (Å²) in [5.41, 5.74) is 1.56. The number of hydrogen-bond acceptors (Lipinski definition) is 5. The maximum atomic E-state index is 12.5. The van der Waals surface area contributed by atoms with Crippen LogP contribution in [0.2, 0.25) is 10.0 Å². The lowest BCUT2D eigenvalue weighted by atomic mass is 9.97. The molecule has 2 amide bonds. The molecule has 0 bridgehead atoms. The zero-order chi connectivity index (χ0) is 18.8. The first-order chi connectivity index (χ1) is 13.1. The Bertz CT molecular complexity index is 937. The molecule has 1 fully saturated rings. The molecule has 0 unspecified atom stereocenters. The van der Waals surface area contributed by atoms with E-state index in [9.17, 15) is 4.79 Å². The Labute approximate surface area is 170 Å². The fourth-order valence-corrected chi connectivity index (χ4v) is 3.94. The predicted molar refractivity (Wildman–Crippen MR) is 107 cm³/mol. The number of anilines is 1. The van der Waals surface area contributed by atoms with E-state index in [0.717, 1.165) is 18.4 Å². The summed E-state index contributed by atoms with van der Waals surface area (Å²) in [7, 11) is 0. The van der Waals surface area contributed by atoms with Crippen LogP contribution in [0.5, 0.6) is 0 Å². The van der Waals surface area contributed by atoms with Crippen molar-refractivity contribution in [3.05, 3.63) is 51.0 Å². The molecule has 1 aliphatic heterocycles. The summed E-state index contributed by atoms with van der Waals surface area (Å²) in [6.45, 7) is 1.24. The Hall–Kier alpha value is -2.09. The van der Waals surface area contributed by atoms with Crippen molar-refractivity contribution in [3.8, 4) is 11.5 Å². The first kappa shape index (κ1) is 18.3. The molecule has 27 heavy (non-hydrogen) atoms. The minimum atomic E-state index is -0.156. The number of halogens is 2. The number of carbonyl (C=O) groups excluding carboxylic acids is 1. The Morgan fingerprint density at radius 3 is 2.70 bits per heavy atom. The summed E-state index contributed by atoms with van der Waals surface area (Å²) in [6.07, 6.45) is 1.56. The minimum Gasteiger partial charge on any atom is -0.420 e. The van der Waals surface area contributed by atoms with Gasteiger partial charge in [-0.1, -0.05) is 23.2 Å². The molecule has 3 aromatic rings. The Balaban J connectivity index is 1.34. The number of nitrogens with one attached hydrogen (secondary N) is 1. The Kier molecular flexibility index (Phi) is 5.33. The monoisotopic (exact) mass is 422 g/mol. The number of hydrogen-bond donors (Lipinski definition) is 1. The Morgan fingerprint density at radius 1 is 1.19 bits per heavy atom. The second-order valence-corrected chi connectivity index (χ2v) is 7.87. The van der Waals surface area contributed by atoms with E-state index in [1.807, 2.05) is 16.8 Å². The number of nitrogens with zero attached hydrogens (tertiary/aromatic N) is 3. The summed E-state index contributed by atoms with van der Waals surface area (Å²) in [5.74, 6) is 1.35. The molecule has 2 aromatic heterocycles. The number of aromatic nitrogens is 2. The van der Waals surface area contributed by atoms with Crippen molar-refractivity contribution in [3.63, 3.8) is 0 Å². The molecule has 0 saturated carbocycles. The second-order valence-electron chi connectivity index (χ2n) is 6.28. The SMILES string of the molecule is O=C(Nc1ccc(Cl)c(Cl)c1)N1CCC(c2nnc(-c3ccsc3)o2)CC1. The van der Waals surface area contributed by atoms with Crippen LogP contribution in [-0.4, -0.2) is 34.2 Å². The van der Waals surface area contributed by atoms with Gasteiger partial charge in [-0.15, -0.1) is 10.2 Å². The van der Waals surface area contributed by atoms with Crippen LogP contribution >= 0.6 is 34.5 Å². The average Bonchev–Trinajstić information content (AvgIpc) is 3.36. The van der Waals surface area contributed by atoms with E-state index in [1.165, 1.54) is 0 Å². The fraction of sp³-hybridized carbons (Fsp3) is 0.278. The lowest BCUT2D eigenvalue weighted by Gasteiger charge is -2.30. The molecule has 0 spiro atoms. The van der Waals surface area contributed by atoms with E-state index in [0.29, 0.717) is 40.6 Å². The van der Waals surface area contributed by atoms with Crippen molar-refractivity contribution in [1.82, 2.24) is 15.1 Å². The zero-order valence-corrected chi connectivity index (χ0v) is 16.5. The number of benzene rings is 1. The molecule has 0 aliphatic carbocycles. The maximum absolute atomic E-state index is 12.5. The third kappa shape index (κ3) is 4.10. The zero-order valence-electron chi connectivity index (χ0n) is 14.2. The van der Waals surface area contributed by atoms with Gasteiger partial charge in [0.25, 0.3) is 0 Å². The van der Waals surface area contributed by atoms with Gasteiger partial charge >= 0.3 is 6.03 Å². The van der Waals surface area contributed by atoms with Crippen LogP contribution in [-0.2, 0) is 0 Å². The van der Waals surface area contributed by atoms with Gasteiger partial charge in [-0.3, -0.25) is 0 Å². The van der Waals surface area contributed by atoms with Gasteiger partial charge in [0.2, 0.25) is 11.8 Å². The number of urea groups is 1. The first-order valence-electron chi connectivity index (χ1n) is 8.47. The molecule has 4 rings (SSSR count). The molecule has 1 N–H and O–H groups in total. The highest BCUT2D eigenvalue weighted by molar-refractivity contribution is 7.08. The molecule has 1 saturated heterocycles. The predicted octanol–water partition coefficient (Wildman–Crippen LogP) is 5.52. The smallest absolute Gasteiger partial charge is 0.321 e. The molecule has 9 heteroatoms. The molecular formula is C18H16Cl2N4O2S. The summed E-state index contributed by atoms with van der Waals surface area (Å²) >= 11 is 13.5. The molecule has 6 nitrogen and oxygen atoms in total. The lowest BCUT2D eigenvalue weighted by molar-refractivity contribution is 0.190. The first-order valence-corrected chi connectivity index (χ1v) is 10.2.